The van der Waals surface area contributed by atoms with Gasteiger partial charge in [0.2, 0.25) is 0 Å². The molecule has 0 amide bonds. The summed E-state index contributed by atoms with van der Waals surface area (Å²) in [6.45, 7) is 14.2. The summed E-state index contributed by atoms with van der Waals surface area (Å²) in [5.41, 5.74) is 8.33. The zero-order valence-corrected chi connectivity index (χ0v) is 30.5. The first-order chi connectivity index (χ1) is 25.3. The molecule has 0 saturated carbocycles. The first-order valence-corrected chi connectivity index (χ1v) is 18.6. The van der Waals surface area contributed by atoms with E-state index in [0.717, 1.165) is 0 Å². The van der Waals surface area contributed by atoms with Gasteiger partial charge in [0.15, 0.2) is 0 Å². The van der Waals surface area contributed by atoms with Crippen molar-refractivity contribution >= 4 is 108 Å². The molecule has 0 bridgehead atoms. The van der Waals surface area contributed by atoms with Crippen molar-refractivity contribution in [2.24, 2.45) is 0 Å². The fraction of sp³-hybridized carbons (Fsp3) is 0.115. The molecule has 0 aromatic heterocycles. The normalized spacial score (nSPS) is 12.4. The van der Waals surface area contributed by atoms with Crippen molar-refractivity contribution in [1.82, 2.24) is 0 Å². The lowest BCUT2D eigenvalue weighted by molar-refractivity contribution is 1.43. The molecule has 0 saturated heterocycles. The zero-order chi connectivity index (χ0) is 35.2. The lowest BCUT2D eigenvalue weighted by Crippen LogP contribution is -2.00. The summed E-state index contributed by atoms with van der Waals surface area (Å²) in [7, 11) is 0. The van der Waals surface area contributed by atoms with Crippen LogP contribution in [0.25, 0.3) is 108 Å². The monoisotopic (exact) mass is 662 g/mol. The van der Waals surface area contributed by atoms with Crippen molar-refractivity contribution < 1.29 is 0 Å². The molecule has 0 aliphatic heterocycles. The van der Waals surface area contributed by atoms with Gasteiger partial charge in [-0.3, -0.25) is 0 Å². The fourth-order valence-corrected chi connectivity index (χ4v) is 10.7. The van der Waals surface area contributed by atoms with Crippen LogP contribution >= 0.6 is 0 Å². The van der Waals surface area contributed by atoms with Gasteiger partial charge in [-0.15, -0.1) is 0 Å². The van der Waals surface area contributed by atoms with Gasteiger partial charge in [0, 0.05) is 0 Å². The van der Waals surface area contributed by atoms with Crippen LogP contribution in [-0.4, -0.2) is 0 Å². The fourth-order valence-electron chi connectivity index (χ4n) is 10.7. The van der Waals surface area contributed by atoms with E-state index < -0.39 is 0 Å². The molecule has 0 unspecified atom stereocenters. The number of aryl methyl sites for hydroxylation is 6. The van der Waals surface area contributed by atoms with Crippen LogP contribution < -0.4 is 0 Å². The second kappa shape index (κ2) is 10.3. The van der Waals surface area contributed by atoms with E-state index in [9.17, 15) is 0 Å². The van der Waals surface area contributed by atoms with Crippen LogP contribution in [0.15, 0.2) is 121 Å². The topological polar surface area (TPSA) is 0 Å². The predicted octanol–water partition coefficient (Wildman–Crippen LogP) is 15.1. The van der Waals surface area contributed by atoms with Gasteiger partial charge in [0.05, 0.1) is 0 Å². The Labute approximate surface area is 302 Å². The number of fused-ring (bicyclic) bond motifs is 17. The summed E-state index contributed by atoms with van der Waals surface area (Å²) >= 11 is 0. The van der Waals surface area contributed by atoms with Gasteiger partial charge in [-0.25, -0.2) is 0 Å². The van der Waals surface area contributed by atoms with Crippen LogP contribution in [0, 0.1) is 41.5 Å². The van der Waals surface area contributed by atoms with E-state index in [1.807, 2.05) is 0 Å². The summed E-state index contributed by atoms with van der Waals surface area (Å²) in [4.78, 5) is 0. The molecule has 11 rings (SSSR count). The minimum absolute atomic E-state index is 1.28. The largest absolute Gasteiger partial charge is 0.0616 e. The molecule has 0 N–H and O–H groups in total. The molecule has 0 nitrogen and oxygen atoms in total. The molecule has 11 aromatic carbocycles. The molecule has 0 heterocycles. The van der Waals surface area contributed by atoms with Crippen molar-refractivity contribution in [2.75, 3.05) is 0 Å². The Balaban J connectivity index is 1.51. The van der Waals surface area contributed by atoms with Crippen molar-refractivity contribution in [3.05, 3.63) is 155 Å². The lowest BCUT2D eigenvalue weighted by atomic mass is 9.78. The van der Waals surface area contributed by atoms with Crippen LogP contribution in [0.2, 0.25) is 0 Å². The van der Waals surface area contributed by atoms with Gasteiger partial charge in [0.1, 0.15) is 0 Å². The molecule has 0 radical (unpaired) electrons. The second-order valence-electron chi connectivity index (χ2n) is 15.3. The maximum atomic E-state index is 2.43. The Hall–Kier alpha value is -5.98. The van der Waals surface area contributed by atoms with Crippen molar-refractivity contribution in [1.29, 1.82) is 0 Å². The molecule has 0 heteroatoms. The average Bonchev–Trinajstić information content (AvgIpc) is 3.18. The quantitative estimate of drug-likeness (QED) is 0.112. The number of rotatable bonds is 0. The van der Waals surface area contributed by atoms with E-state index in [1.54, 1.807) is 0 Å². The van der Waals surface area contributed by atoms with E-state index in [1.165, 1.54) is 141 Å². The Bertz CT molecular complexity index is 3220. The van der Waals surface area contributed by atoms with Crippen LogP contribution in [0.3, 0.4) is 0 Å². The predicted molar refractivity (Wildman–Crippen MR) is 230 cm³/mol. The Kier molecular flexibility index (Phi) is 5.89. The van der Waals surface area contributed by atoms with E-state index >= 15 is 0 Å². The molecule has 0 aliphatic carbocycles. The Morgan fingerprint density at radius 3 is 0.923 bits per heavy atom. The first-order valence-electron chi connectivity index (χ1n) is 18.6. The van der Waals surface area contributed by atoms with E-state index in [-0.39, 0.29) is 0 Å². The molecule has 11 aromatic rings. The Morgan fingerprint density at radius 1 is 0.192 bits per heavy atom. The SMILES string of the molecule is Cc1c2ccccc2c(C)c2c(C)c3c(C)c4c5ccc6ccc7ccccc7c6c5c5c(ccc6ccc7ccccc7c65)c4c(C)c3c(C)c12. The third kappa shape index (κ3) is 3.57. The molecular formula is C52H38. The smallest absolute Gasteiger partial charge is 0.000753 e. The Morgan fingerprint density at radius 2 is 0.500 bits per heavy atom. The average molecular weight is 663 g/mol. The highest BCUT2D eigenvalue weighted by Gasteiger charge is 2.24. The molecule has 0 aliphatic rings. The summed E-state index contributed by atoms with van der Waals surface area (Å²) in [5.74, 6) is 0. The highest BCUT2D eigenvalue weighted by molar-refractivity contribution is 6.43. The minimum atomic E-state index is 1.28. The van der Waals surface area contributed by atoms with Gasteiger partial charge in [-0.05, 0) is 183 Å². The first kappa shape index (κ1) is 29.7. The maximum absolute atomic E-state index is 2.43. The van der Waals surface area contributed by atoms with Gasteiger partial charge in [-0.1, -0.05) is 121 Å². The third-order valence-electron chi connectivity index (χ3n) is 12.8. The highest BCUT2D eigenvalue weighted by atomic mass is 14.3. The molecule has 52 heavy (non-hydrogen) atoms. The lowest BCUT2D eigenvalue weighted by Gasteiger charge is -2.25. The minimum Gasteiger partial charge on any atom is -0.0616 e. The van der Waals surface area contributed by atoms with E-state index in [4.69, 9.17) is 0 Å². The maximum Gasteiger partial charge on any atom is -0.000753 e. The van der Waals surface area contributed by atoms with E-state index in [0.29, 0.717) is 0 Å². The van der Waals surface area contributed by atoms with Crippen LogP contribution in [-0.2, 0) is 0 Å². The third-order valence-corrected chi connectivity index (χ3v) is 12.8. The number of benzene rings is 11. The van der Waals surface area contributed by atoms with Crippen LogP contribution in [0.5, 0.6) is 0 Å². The summed E-state index contributed by atoms with van der Waals surface area (Å²) in [6, 6.07) is 45.7. The summed E-state index contributed by atoms with van der Waals surface area (Å²) in [6.07, 6.45) is 0. The molecule has 0 fully saturated rings. The second-order valence-corrected chi connectivity index (χ2v) is 15.3. The van der Waals surface area contributed by atoms with Gasteiger partial charge in [0.25, 0.3) is 0 Å². The summed E-state index contributed by atoms with van der Waals surface area (Å²) < 4.78 is 0. The number of hydrogen-bond acceptors (Lipinski definition) is 0. The van der Waals surface area contributed by atoms with Crippen LogP contribution in [0.4, 0.5) is 0 Å². The summed E-state index contributed by atoms with van der Waals surface area (Å²) in [5, 5.41) is 27.1. The van der Waals surface area contributed by atoms with Crippen molar-refractivity contribution in [2.45, 2.75) is 41.5 Å². The standard InChI is InChI=1S/C52H38/c1-27-37-15-11-12-16-38(37)28(2)44-30(4)46-32(6)48-42-26-24-36-22-20-34-14-8-10-18-40(34)50(36)52(42)51-41(47(48)31(5)45(46)29(3)43(27)44)25-23-35-21-19-33-13-7-9-17-39(33)49(35)51/h7-26H,1-6H3. The highest BCUT2D eigenvalue weighted by Crippen LogP contribution is 2.51. The van der Waals surface area contributed by atoms with Crippen molar-refractivity contribution in [3.8, 4) is 0 Å². The zero-order valence-electron chi connectivity index (χ0n) is 30.5. The van der Waals surface area contributed by atoms with Gasteiger partial charge in [-0.2, -0.15) is 0 Å². The molecule has 0 atom stereocenters. The number of hydrogen-bond donors (Lipinski definition) is 0. The van der Waals surface area contributed by atoms with Gasteiger partial charge < -0.3 is 0 Å². The molecule has 246 valence electrons. The molecule has 0 spiro atoms. The molecular weight excluding hydrogens is 625 g/mol. The van der Waals surface area contributed by atoms with Crippen molar-refractivity contribution in [3.63, 3.8) is 0 Å². The van der Waals surface area contributed by atoms with E-state index in [2.05, 4.69) is 163 Å². The van der Waals surface area contributed by atoms with Crippen LogP contribution in [0.1, 0.15) is 33.4 Å². The van der Waals surface area contributed by atoms with Gasteiger partial charge >= 0.3 is 0 Å².